The van der Waals surface area contributed by atoms with Crippen LogP contribution in [0.4, 0.5) is 0 Å². The molecule has 0 N–H and O–H groups in total. The van der Waals surface area contributed by atoms with E-state index in [9.17, 15) is 4.79 Å². The van der Waals surface area contributed by atoms with E-state index in [0.29, 0.717) is 30.3 Å². The summed E-state index contributed by atoms with van der Waals surface area (Å²) in [6, 6.07) is 12.2. The van der Waals surface area contributed by atoms with Crippen molar-refractivity contribution in [3.05, 3.63) is 52.9 Å². The number of hydrogen-bond donors (Lipinski definition) is 0. The molecule has 0 unspecified atom stereocenters. The molecule has 0 saturated carbocycles. The van der Waals surface area contributed by atoms with Crippen molar-refractivity contribution in [2.24, 2.45) is 11.8 Å². The van der Waals surface area contributed by atoms with Crippen LogP contribution in [0.2, 0.25) is 0 Å². The van der Waals surface area contributed by atoms with E-state index in [2.05, 4.69) is 45.3 Å². The first kappa shape index (κ1) is 18.9. The number of nitrogens with zero attached hydrogens (tertiary/aromatic N) is 3. The minimum atomic E-state index is 0.234. The zero-order chi connectivity index (χ0) is 20.0. The number of aryl methyl sites for hydroxylation is 2. The highest BCUT2D eigenvalue weighted by atomic mass is 16.5. The van der Waals surface area contributed by atoms with Gasteiger partial charge >= 0.3 is 0 Å². The van der Waals surface area contributed by atoms with Gasteiger partial charge in [0.25, 0.3) is 0 Å². The summed E-state index contributed by atoms with van der Waals surface area (Å²) in [5.41, 5.74) is 3.27. The van der Waals surface area contributed by atoms with Crippen molar-refractivity contribution in [1.82, 2.24) is 15.0 Å². The van der Waals surface area contributed by atoms with Gasteiger partial charge in [-0.05, 0) is 56.9 Å². The van der Waals surface area contributed by atoms with Crippen LogP contribution >= 0.6 is 0 Å². The molecule has 1 aromatic heterocycles. The van der Waals surface area contributed by atoms with Crippen LogP contribution in [-0.2, 0) is 11.2 Å². The van der Waals surface area contributed by atoms with Crippen LogP contribution in [0.15, 0.2) is 34.9 Å². The van der Waals surface area contributed by atoms with Crippen molar-refractivity contribution < 1.29 is 9.32 Å². The molecule has 0 spiro atoms. The summed E-state index contributed by atoms with van der Waals surface area (Å²) in [5.74, 6) is 2.20. The number of likely N-dealkylation sites (tertiary alicyclic amines) is 1. The van der Waals surface area contributed by atoms with E-state index < -0.39 is 0 Å². The largest absolute Gasteiger partial charge is 0.361 e. The van der Waals surface area contributed by atoms with Crippen molar-refractivity contribution in [2.45, 2.75) is 58.0 Å². The number of fused-ring (bicyclic) bond motifs is 4. The second-order valence-electron chi connectivity index (χ2n) is 9.26. The lowest BCUT2D eigenvalue weighted by atomic mass is 9.74. The van der Waals surface area contributed by atoms with Gasteiger partial charge in [0, 0.05) is 37.3 Å². The van der Waals surface area contributed by atoms with Crippen LogP contribution in [0.25, 0.3) is 0 Å². The molecule has 4 heterocycles. The monoisotopic (exact) mass is 393 g/mol. The Hall–Kier alpha value is -2.14. The molecule has 5 nitrogen and oxygen atoms in total. The summed E-state index contributed by atoms with van der Waals surface area (Å²) >= 11 is 0. The Labute approximate surface area is 173 Å². The van der Waals surface area contributed by atoms with Gasteiger partial charge in [-0.3, -0.25) is 9.69 Å². The molecule has 154 valence electrons. The van der Waals surface area contributed by atoms with Gasteiger partial charge in [-0.15, -0.1) is 0 Å². The molecule has 3 fully saturated rings. The molecule has 4 atom stereocenters. The normalized spacial score (nSPS) is 29.5. The van der Waals surface area contributed by atoms with Gasteiger partial charge in [-0.25, -0.2) is 0 Å². The zero-order valence-electron chi connectivity index (χ0n) is 17.5. The predicted octanol–water partition coefficient (Wildman–Crippen LogP) is 3.91. The summed E-state index contributed by atoms with van der Waals surface area (Å²) in [5, 5.41) is 4.01. The fourth-order valence-electron chi connectivity index (χ4n) is 6.06. The lowest BCUT2D eigenvalue weighted by Gasteiger charge is -2.55. The lowest BCUT2D eigenvalue weighted by molar-refractivity contribution is -0.138. The summed E-state index contributed by atoms with van der Waals surface area (Å²) in [6.07, 6.45) is 5.51. The lowest BCUT2D eigenvalue weighted by Crippen LogP contribution is -2.60. The fraction of sp³-hybridized carbons (Fsp3) is 0.583. The third kappa shape index (κ3) is 3.50. The number of hydrogen-bond acceptors (Lipinski definition) is 4. The molecule has 1 amide bonds. The second-order valence-corrected chi connectivity index (χ2v) is 9.26. The Kier molecular flexibility index (Phi) is 4.94. The van der Waals surface area contributed by atoms with Crippen molar-refractivity contribution in [2.75, 3.05) is 19.6 Å². The van der Waals surface area contributed by atoms with Gasteiger partial charge in [0.2, 0.25) is 5.91 Å². The number of carbonyl (C=O) groups is 1. The molecular weight excluding hydrogens is 362 g/mol. The van der Waals surface area contributed by atoms with Gasteiger partial charge in [-0.2, -0.15) is 0 Å². The number of aromatic nitrogens is 1. The number of carbonyl (C=O) groups excluding carboxylic acids is 1. The molecule has 2 bridgehead atoms. The van der Waals surface area contributed by atoms with Crippen LogP contribution in [0.5, 0.6) is 0 Å². The van der Waals surface area contributed by atoms with Crippen LogP contribution in [-0.4, -0.2) is 46.5 Å². The van der Waals surface area contributed by atoms with Crippen molar-refractivity contribution in [3.63, 3.8) is 0 Å². The van der Waals surface area contributed by atoms with Crippen molar-refractivity contribution in [3.8, 4) is 0 Å². The molecule has 3 aliphatic rings. The van der Waals surface area contributed by atoms with Gasteiger partial charge in [0.15, 0.2) is 0 Å². The third-order valence-electron chi connectivity index (χ3n) is 7.43. The Morgan fingerprint density at radius 3 is 2.72 bits per heavy atom. The highest BCUT2D eigenvalue weighted by molar-refractivity contribution is 5.79. The number of benzene rings is 1. The topological polar surface area (TPSA) is 49.6 Å². The maximum atomic E-state index is 13.1. The van der Waals surface area contributed by atoms with Crippen molar-refractivity contribution >= 4 is 5.91 Å². The predicted molar refractivity (Wildman–Crippen MR) is 111 cm³/mol. The highest BCUT2D eigenvalue weighted by Gasteiger charge is 2.45. The quantitative estimate of drug-likeness (QED) is 0.793. The SMILES string of the molecule is Cc1noc(C)c1CC(=O)N1C[C@@H]2C[C@H](C1)[C@@H]1CCC[C@H](c3ccccc3)N1C2. The summed E-state index contributed by atoms with van der Waals surface area (Å²) in [7, 11) is 0. The summed E-state index contributed by atoms with van der Waals surface area (Å²) in [6.45, 7) is 6.74. The fourth-order valence-corrected chi connectivity index (χ4v) is 6.06. The molecule has 2 aromatic rings. The Morgan fingerprint density at radius 1 is 1.14 bits per heavy atom. The van der Waals surface area contributed by atoms with E-state index in [1.807, 2.05) is 13.8 Å². The number of rotatable bonds is 3. The van der Waals surface area contributed by atoms with E-state index in [-0.39, 0.29) is 5.91 Å². The van der Waals surface area contributed by atoms with E-state index in [0.717, 1.165) is 36.7 Å². The molecule has 5 heteroatoms. The van der Waals surface area contributed by atoms with Gasteiger partial charge in [-0.1, -0.05) is 35.5 Å². The van der Waals surface area contributed by atoms with Crippen LogP contribution < -0.4 is 0 Å². The average Bonchev–Trinajstić information content (AvgIpc) is 3.06. The summed E-state index contributed by atoms with van der Waals surface area (Å²) < 4.78 is 5.26. The summed E-state index contributed by atoms with van der Waals surface area (Å²) in [4.78, 5) is 18.0. The molecule has 3 aliphatic heterocycles. The molecule has 0 radical (unpaired) electrons. The van der Waals surface area contributed by atoms with E-state index in [1.165, 1.54) is 31.2 Å². The molecule has 3 saturated heterocycles. The minimum Gasteiger partial charge on any atom is -0.361 e. The molecular formula is C24H31N3O2. The number of piperidine rings is 3. The first-order valence-corrected chi connectivity index (χ1v) is 11.1. The van der Waals surface area contributed by atoms with Crippen LogP contribution in [0, 0.1) is 25.7 Å². The first-order valence-electron chi connectivity index (χ1n) is 11.1. The van der Waals surface area contributed by atoms with Crippen molar-refractivity contribution in [1.29, 1.82) is 0 Å². The number of amides is 1. The Bertz CT molecular complexity index is 858. The van der Waals surface area contributed by atoms with E-state index in [1.54, 1.807) is 0 Å². The standard InChI is InChI=1S/C24H31N3O2/c1-16-21(17(2)29-25-16)12-24(28)26-13-18-11-20(15-26)23-10-6-9-22(27(23)14-18)19-7-4-3-5-8-19/h3-5,7-8,18,20,22-23H,6,9-15H2,1-2H3/t18-,20+,22+,23-/m0/s1. The maximum Gasteiger partial charge on any atom is 0.227 e. The van der Waals surface area contributed by atoms with E-state index in [4.69, 9.17) is 4.52 Å². The Morgan fingerprint density at radius 2 is 1.97 bits per heavy atom. The second kappa shape index (κ2) is 7.60. The van der Waals surface area contributed by atoms with E-state index >= 15 is 0 Å². The van der Waals surface area contributed by atoms with Gasteiger partial charge < -0.3 is 9.42 Å². The smallest absolute Gasteiger partial charge is 0.227 e. The van der Waals surface area contributed by atoms with Gasteiger partial charge in [0.05, 0.1) is 12.1 Å². The van der Waals surface area contributed by atoms with Gasteiger partial charge in [0.1, 0.15) is 5.76 Å². The highest BCUT2D eigenvalue weighted by Crippen LogP contribution is 2.44. The van der Waals surface area contributed by atoms with Crippen LogP contribution in [0.3, 0.4) is 0 Å². The minimum absolute atomic E-state index is 0.234. The molecule has 5 rings (SSSR count). The zero-order valence-corrected chi connectivity index (χ0v) is 17.5. The molecule has 0 aliphatic carbocycles. The van der Waals surface area contributed by atoms with Crippen LogP contribution in [0.1, 0.15) is 54.3 Å². The molecule has 1 aromatic carbocycles. The first-order chi connectivity index (χ1) is 14.1. The third-order valence-corrected chi connectivity index (χ3v) is 7.43. The maximum absolute atomic E-state index is 13.1. The Balaban J connectivity index is 1.31. The average molecular weight is 394 g/mol. The molecule has 29 heavy (non-hydrogen) atoms.